The van der Waals surface area contributed by atoms with Gasteiger partial charge in [0, 0.05) is 29.5 Å². The van der Waals surface area contributed by atoms with Gasteiger partial charge in [-0.2, -0.15) is 0 Å². The second kappa shape index (κ2) is 8.82. The molecular weight excluding hydrogens is 380 g/mol. The number of fused-ring (bicyclic) bond motifs is 1. The summed E-state index contributed by atoms with van der Waals surface area (Å²) in [5, 5.41) is 10.5. The van der Waals surface area contributed by atoms with Crippen LogP contribution in [0.4, 0.5) is 22.0 Å². The van der Waals surface area contributed by atoms with Crippen molar-refractivity contribution in [3.05, 3.63) is 60.3 Å². The first-order valence-corrected chi connectivity index (χ1v) is 9.79. The summed E-state index contributed by atoms with van der Waals surface area (Å²) in [6, 6.07) is 14.5. The number of anilines is 3. The quantitative estimate of drug-likeness (QED) is 0.514. The molecule has 0 fully saturated rings. The van der Waals surface area contributed by atoms with E-state index in [1.165, 1.54) is 0 Å². The number of pyridine rings is 1. The molecule has 3 rings (SSSR count). The molecule has 3 N–H and O–H groups in total. The van der Waals surface area contributed by atoms with Crippen molar-refractivity contribution >= 4 is 40.0 Å². The first kappa shape index (κ1) is 21.1. The van der Waals surface area contributed by atoms with Gasteiger partial charge in [0.15, 0.2) is 0 Å². The van der Waals surface area contributed by atoms with Gasteiger partial charge in [-0.3, -0.25) is 5.32 Å². The van der Waals surface area contributed by atoms with E-state index in [0.29, 0.717) is 17.9 Å². The number of benzene rings is 2. The van der Waals surface area contributed by atoms with Crippen LogP contribution < -0.4 is 16.0 Å². The summed E-state index contributed by atoms with van der Waals surface area (Å²) in [7, 11) is 0. The van der Waals surface area contributed by atoms with E-state index in [0.717, 1.165) is 22.1 Å². The molecule has 0 aliphatic heterocycles. The zero-order valence-corrected chi connectivity index (χ0v) is 17.6. The van der Waals surface area contributed by atoms with Gasteiger partial charge in [-0.1, -0.05) is 18.2 Å². The predicted octanol–water partition coefficient (Wildman–Crippen LogP) is 5.08. The zero-order valence-electron chi connectivity index (χ0n) is 17.6. The van der Waals surface area contributed by atoms with Crippen LogP contribution in [0.3, 0.4) is 0 Å². The number of amides is 2. The smallest absolute Gasteiger partial charge is 0.338 e. The first-order valence-electron chi connectivity index (χ1n) is 9.79. The van der Waals surface area contributed by atoms with Crippen LogP contribution in [0.15, 0.2) is 54.7 Å². The Morgan fingerprint density at radius 3 is 2.57 bits per heavy atom. The Bertz CT molecular complexity index is 1070. The molecule has 1 heterocycles. The maximum atomic E-state index is 12.3. The van der Waals surface area contributed by atoms with Gasteiger partial charge in [0.2, 0.25) is 0 Å². The summed E-state index contributed by atoms with van der Waals surface area (Å²) in [6.07, 6.45) is 1.71. The lowest BCUT2D eigenvalue weighted by Crippen LogP contribution is -2.28. The van der Waals surface area contributed by atoms with Gasteiger partial charge in [-0.25, -0.2) is 14.6 Å². The molecule has 30 heavy (non-hydrogen) atoms. The Kier molecular flexibility index (Phi) is 6.20. The standard InChI is InChI=1S/C23H26N4O3/c1-5-24-22(29)27-20-13-15-8-7-11-19(18(15)14-25-20)26-17-10-6-9-16(12-17)21(28)30-23(2,3)4/h6-14,26H,5H2,1-4H3,(H2,24,25,27,29). The van der Waals surface area contributed by atoms with E-state index >= 15 is 0 Å². The Hall–Kier alpha value is -3.61. The van der Waals surface area contributed by atoms with E-state index in [4.69, 9.17) is 4.74 Å². The lowest BCUT2D eigenvalue weighted by molar-refractivity contribution is 0.00695. The topological polar surface area (TPSA) is 92.4 Å². The normalized spacial score (nSPS) is 11.1. The maximum Gasteiger partial charge on any atom is 0.338 e. The van der Waals surface area contributed by atoms with Crippen molar-refractivity contribution in [2.75, 3.05) is 17.2 Å². The lowest BCUT2D eigenvalue weighted by atomic mass is 10.1. The number of urea groups is 1. The van der Waals surface area contributed by atoms with Gasteiger partial charge >= 0.3 is 12.0 Å². The third-order valence-corrected chi connectivity index (χ3v) is 4.12. The fourth-order valence-electron chi connectivity index (χ4n) is 2.89. The molecule has 0 unspecified atom stereocenters. The van der Waals surface area contributed by atoms with Crippen LogP contribution in [0.5, 0.6) is 0 Å². The summed E-state index contributed by atoms with van der Waals surface area (Å²) in [5.41, 5.74) is 1.52. The molecular formula is C23H26N4O3. The van der Waals surface area contributed by atoms with E-state index in [9.17, 15) is 9.59 Å². The average Bonchev–Trinajstić information content (AvgIpc) is 2.67. The summed E-state index contributed by atoms with van der Waals surface area (Å²) < 4.78 is 5.45. The number of nitrogens with zero attached hydrogens (tertiary/aromatic N) is 1. The van der Waals surface area contributed by atoms with Gasteiger partial charge in [0.05, 0.1) is 5.56 Å². The molecule has 0 spiro atoms. The van der Waals surface area contributed by atoms with Crippen molar-refractivity contribution in [3.63, 3.8) is 0 Å². The number of hydrogen-bond acceptors (Lipinski definition) is 5. The van der Waals surface area contributed by atoms with Crippen LogP contribution in [0.25, 0.3) is 10.8 Å². The van der Waals surface area contributed by atoms with Crippen LogP contribution in [0.2, 0.25) is 0 Å². The van der Waals surface area contributed by atoms with Crippen molar-refractivity contribution in [2.24, 2.45) is 0 Å². The highest BCUT2D eigenvalue weighted by Crippen LogP contribution is 2.28. The second-order valence-corrected chi connectivity index (χ2v) is 7.79. The van der Waals surface area contributed by atoms with Crippen molar-refractivity contribution in [2.45, 2.75) is 33.3 Å². The number of aromatic nitrogens is 1. The molecule has 2 aromatic carbocycles. The Morgan fingerprint density at radius 1 is 1.07 bits per heavy atom. The van der Waals surface area contributed by atoms with E-state index in [1.54, 1.807) is 24.4 Å². The fraction of sp³-hybridized carbons (Fsp3) is 0.261. The Labute approximate surface area is 175 Å². The minimum absolute atomic E-state index is 0.294. The largest absolute Gasteiger partial charge is 0.456 e. The molecule has 3 aromatic rings. The number of esters is 1. The molecule has 0 saturated carbocycles. The molecule has 2 amide bonds. The van der Waals surface area contributed by atoms with Gasteiger partial charge < -0.3 is 15.4 Å². The summed E-state index contributed by atoms with van der Waals surface area (Å²) in [5.74, 6) is 0.101. The summed E-state index contributed by atoms with van der Waals surface area (Å²) in [6.45, 7) is 7.90. The van der Waals surface area contributed by atoms with Crippen molar-refractivity contribution in [1.82, 2.24) is 10.3 Å². The van der Waals surface area contributed by atoms with Crippen molar-refractivity contribution < 1.29 is 14.3 Å². The molecule has 156 valence electrons. The summed E-state index contributed by atoms with van der Waals surface area (Å²) in [4.78, 5) is 28.4. The minimum Gasteiger partial charge on any atom is -0.456 e. The maximum absolute atomic E-state index is 12.3. The van der Waals surface area contributed by atoms with Gasteiger partial charge in [-0.15, -0.1) is 0 Å². The molecule has 0 saturated heterocycles. The van der Waals surface area contributed by atoms with Crippen LogP contribution >= 0.6 is 0 Å². The second-order valence-electron chi connectivity index (χ2n) is 7.79. The first-order chi connectivity index (χ1) is 14.2. The highest BCUT2D eigenvalue weighted by Gasteiger charge is 2.18. The molecule has 0 radical (unpaired) electrons. The number of hydrogen-bond donors (Lipinski definition) is 3. The third kappa shape index (κ3) is 5.47. The van der Waals surface area contributed by atoms with Crippen molar-refractivity contribution in [3.8, 4) is 0 Å². The third-order valence-electron chi connectivity index (χ3n) is 4.12. The molecule has 1 aromatic heterocycles. The molecule has 0 aliphatic carbocycles. The van der Waals surface area contributed by atoms with Gasteiger partial charge in [0.1, 0.15) is 11.4 Å². The zero-order chi connectivity index (χ0) is 21.7. The highest BCUT2D eigenvalue weighted by atomic mass is 16.6. The molecule has 7 nitrogen and oxygen atoms in total. The number of ether oxygens (including phenoxy) is 1. The highest BCUT2D eigenvalue weighted by molar-refractivity contribution is 5.98. The average molecular weight is 406 g/mol. The van der Waals surface area contributed by atoms with E-state index < -0.39 is 5.60 Å². The number of rotatable bonds is 5. The monoisotopic (exact) mass is 406 g/mol. The van der Waals surface area contributed by atoms with Crippen LogP contribution in [0.1, 0.15) is 38.1 Å². The molecule has 0 aliphatic rings. The predicted molar refractivity (Wildman–Crippen MR) is 119 cm³/mol. The number of nitrogens with one attached hydrogen (secondary N) is 3. The van der Waals surface area contributed by atoms with E-state index in [-0.39, 0.29) is 12.0 Å². The van der Waals surface area contributed by atoms with Crippen LogP contribution in [0, 0.1) is 0 Å². The molecule has 7 heteroatoms. The number of carbonyl (C=O) groups excluding carboxylic acids is 2. The van der Waals surface area contributed by atoms with Crippen LogP contribution in [-0.4, -0.2) is 29.1 Å². The van der Waals surface area contributed by atoms with Crippen LogP contribution in [-0.2, 0) is 4.74 Å². The Morgan fingerprint density at radius 2 is 1.83 bits per heavy atom. The van der Waals surface area contributed by atoms with E-state index in [2.05, 4.69) is 20.9 Å². The number of carbonyl (C=O) groups is 2. The fourth-order valence-corrected chi connectivity index (χ4v) is 2.89. The van der Waals surface area contributed by atoms with Gasteiger partial charge in [-0.05, 0) is 63.4 Å². The lowest BCUT2D eigenvalue weighted by Gasteiger charge is -2.19. The molecule has 0 atom stereocenters. The Balaban J connectivity index is 1.83. The van der Waals surface area contributed by atoms with Crippen molar-refractivity contribution in [1.29, 1.82) is 0 Å². The van der Waals surface area contributed by atoms with E-state index in [1.807, 2.05) is 58.0 Å². The van der Waals surface area contributed by atoms with Gasteiger partial charge in [0.25, 0.3) is 0 Å². The minimum atomic E-state index is -0.554. The molecule has 0 bridgehead atoms. The SMILES string of the molecule is CCNC(=O)Nc1cc2cccc(Nc3cccc(C(=O)OC(C)(C)C)c3)c2cn1. The summed E-state index contributed by atoms with van der Waals surface area (Å²) >= 11 is 0.